The van der Waals surface area contributed by atoms with Crippen molar-refractivity contribution in [3.05, 3.63) is 35.0 Å². The molecule has 7 nitrogen and oxygen atoms in total. The quantitative estimate of drug-likeness (QED) is 0.625. The number of nitrogens with zero attached hydrogens (tertiary/aromatic N) is 2. The molecule has 3 atom stereocenters. The molecule has 3 aliphatic rings. The number of carbonyl (C=O) groups is 3. The molecule has 0 radical (unpaired) electrons. The average molecular weight is 495 g/mol. The number of likely N-dealkylation sites (tertiary alicyclic amines) is 1. The lowest BCUT2D eigenvalue weighted by Crippen LogP contribution is -2.49. The van der Waals surface area contributed by atoms with Gasteiger partial charge < -0.3 is 15.2 Å². The third-order valence-corrected chi connectivity index (χ3v) is 8.46. The molecule has 1 aliphatic heterocycles. The fraction of sp³-hybridized carbons (Fsp3) is 0.556. The van der Waals surface area contributed by atoms with Gasteiger partial charge in [0, 0.05) is 34.8 Å². The van der Waals surface area contributed by atoms with Crippen molar-refractivity contribution >= 4 is 40.1 Å². The van der Waals surface area contributed by atoms with E-state index < -0.39 is 12.1 Å². The molecule has 1 aromatic carbocycles. The van der Waals surface area contributed by atoms with Crippen LogP contribution in [0.25, 0.3) is 10.9 Å². The molecule has 2 aliphatic carbocycles. The van der Waals surface area contributed by atoms with Crippen LogP contribution in [0.15, 0.2) is 24.3 Å². The van der Waals surface area contributed by atoms with Gasteiger partial charge in [-0.05, 0) is 62.1 Å². The largest absolute Gasteiger partial charge is 0.350 e. The van der Waals surface area contributed by atoms with E-state index in [0.29, 0.717) is 36.5 Å². The van der Waals surface area contributed by atoms with Crippen LogP contribution in [-0.4, -0.2) is 46.1 Å². The first-order chi connectivity index (χ1) is 16.9. The van der Waals surface area contributed by atoms with Gasteiger partial charge in [-0.2, -0.15) is 5.26 Å². The lowest BCUT2D eigenvalue weighted by atomic mass is 9.72. The molecule has 5 rings (SSSR count). The van der Waals surface area contributed by atoms with E-state index in [4.69, 9.17) is 11.6 Å². The van der Waals surface area contributed by atoms with Gasteiger partial charge in [0.05, 0.1) is 6.07 Å². The van der Waals surface area contributed by atoms with Crippen LogP contribution in [-0.2, 0) is 9.59 Å². The van der Waals surface area contributed by atoms with Crippen molar-refractivity contribution in [2.24, 2.45) is 11.3 Å². The Morgan fingerprint density at radius 2 is 2.03 bits per heavy atom. The number of H-pyrrole nitrogens is 1. The van der Waals surface area contributed by atoms with E-state index in [1.165, 1.54) is 6.42 Å². The summed E-state index contributed by atoms with van der Waals surface area (Å²) >= 11 is 6.11. The van der Waals surface area contributed by atoms with Gasteiger partial charge in [0.25, 0.3) is 5.91 Å². The summed E-state index contributed by atoms with van der Waals surface area (Å²) in [7, 11) is 0. The van der Waals surface area contributed by atoms with E-state index >= 15 is 0 Å². The van der Waals surface area contributed by atoms with Crippen molar-refractivity contribution < 1.29 is 14.4 Å². The number of aromatic nitrogens is 1. The van der Waals surface area contributed by atoms with Crippen molar-refractivity contribution in [1.82, 2.24) is 15.2 Å². The highest BCUT2D eigenvalue weighted by Crippen LogP contribution is 2.46. The summed E-state index contributed by atoms with van der Waals surface area (Å²) in [6.45, 7) is 0.540. The minimum atomic E-state index is -0.732. The smallest absolute Gasteiger partial charge is 0.271 e. The molecule has 0 unspecified atom stereocenters. The first kappa shape index (κ1) is 23.9. The molecule has 35 heavy (non-hydrogen) atoms. The molecule has 8 heteroatoms. The predicted molar refractivity (Wildman–Crippen MR) is 133 cm³/mol. The zero-order chi connectivity index (χ0) is 24.6. The number of nitrogens with one attached hydrogen (secondary N) is 2. The molecule has 0 bridgehead atoms. The molecule has 2 heterocycles. The molecule has 2 amide bonds. The van der Waals surface area contributed by atoms with Crippen LogP contribution < -0.4 is 5.32 Å². The number of benzene rings is 1. The Hall–Kier alpha value is -2.85. The van der Waals surface area contributed by atoms with Crippen LogP contribution in [0.1, 0.15) is 74.7 Å². The van der Waals surface area contributed by atoms with Gasteiger partial charge in [0.1, 0.15) is 23.6 Å². The topological polar surface area (TPSA) is 106 Å². The number of ketones is 1. The standard InChI is InChI=1S/C27H31ClN4O3/c28-19-8-7-17-12-22(31-21(17)13-19)26(35)32-16-27(9-2-1-3-10-27)14-23(32)25(34)30-20(15-29)11-18-5-4-6-24(18)33/h7-8,12-13,18,20,23,31H,1-6,9-11,14,16H2,(H,30,34)/t18-,20-,23-/m0/s1. The Morgan fingerprint density at radius 1 is 1.23 bits per heavy atom. The van der Waals surface area contributed by atoms with Crippen molar-refractivity contribution in [3.8, 4) is 6.07 Å². The van der Waals surface area contributed by atoms with Crippen LogP contribution >= 0.6 is 11.6 Å². The summed E-state index contributed by atoms with van der Waals surface area (Å²) in [5.74, 6) is -0.488. The number of hydrogen-bond acceptors (Lipinski definition) is 4. The number of Topliss-reactive ketones (excluding diaryl/α,β-unsaturated/α-hetero) is 1. The van der Waals surface area contributed by atoms with Crippen LogP contribution in [0.4, 0.5) is 0 Å². The van der Waals surface area contributed by atoms with E-state index in [2.05, 4.69) is 16.4 Å². The molecule has 2 saturated carbocycles. The maximum atomic E-state index is 13.7. The Balaban J connectivity index is 1.37. The first-order valence-corrected chi connectivity index (χ1v) is 13.1. The second kappa shape index (κ2) is 9.66. The Morgan fingerprint density at radius 3 is 2.74 bits per heavy atom. The molecule has 184 valence electrons. The third kappa shape index (κ3) is 4.81. The fourth-order valence-electron chi connectivity index (χ4n) is 6.37. The molecule has 1 saturated heterocycles. The Labute approximate surface area is 210 Å². The molecule has 3 fully saturated rings. The number of aromatic amines is 1. The predicted octanol–water partition coefficient (Wildman–Crippen LogP) is 4.75. The highest BCUT2D eigenvalue weighted by Gasteiger charge is 2.49. The minimum absolute atomic E-state index is 0.0607. The molecule has 2 aromatic rings. The second-order valence-corrected chi connectivity index (χ2v) is 11.0. The lowest BCUT2D eigenvalue weighted by Gasteiger charge is -2.32. The first-order valence-electron chi connectivity index (χ1n) is 12.7. The minimum Gasteiger partial charge on any atom is -0.350 e. The van der Waals surface area contributed by atoms with Gasteiger partial charge in [-0.15, -0.1) is 0 Å². The number of nitriles is 1. The maximum Gasteiger partial charge on any atom is 0.271 e. The summed E-state index contributed by atoms with van der Waals surface area (Å²) in [5.41, 5.74) is 1.15. The second-order valence-electron chi connectivity index (χ2n) is 10.6. The molecular formula is C27H31ClN4O3. The summed E-state index contributed by atoms with van der Waals surface area (Å²) in [6, 6.07) is 8.04. The van der Waals surface area contributed by atoms with Gasteiger partial charge in [-0.25, -0.2) is 0 Å². The van der Waals surface area contributed by atoms with E-state index in [0.717, 1.165) is 49.4 Å². The van der Waals surface area contributed by atoms with Gasteiger partial charge >= 0.3 is 0 Å². The Kier molecular flexibility index (Phi) is 6.59. The van der Waals surface area contributed by atoms with Crippen molar-refractivity contribution in [3.63, 3.8) is 0 Å². The van der Waals surface area contributed by atoms with Crippen LogP contribution in [0.2, 0.25) is 5.02 Å². The highest BCUT2D eigenvalue weighted by atomic mass is 35.5. The summed E-state index contributed by atoms with van der Waals surface area (Å²) in [5, 5.41) is 14.0. The van der Waals surface area contributed by atoms with Crippen molar-refractivity contribution in [2.45, 2.75) is 76.3 Å². The summed E-state index contributed by atoms with van der Waals surface area (Å²) in [4.78, 5) is 44.1. The van der Waals surface area contributed by atoms with Gasteiger partial charge in [0.15, 0.2) is 0 Å². The number of halogens is 1. The summed E-state index contributed by atoms with van der Waals surface area (Å²) in [6.07, 6.45) is 8.51. The number of hydrogen-bond donors (Lipinski definition) is 2. The monoisotopic (exact) mass is 494 g/mol. The van der Waals surface area contributed by atoms with Gasteiger partial charge in [-0.3, -0.25) is 14.4 Å². The molecule has 1 aromatic heterocycles. The lowest BCUT2D eigenvalue weighted by molar-refractivity contribution is -0.126. The molecular weight excluding hydrogens is 464 g/mol. The van der Waals surface area contributed by atoms with Gasteiger partial charge in [0.2, 0.25) is 5.91 Å². The van der Waals surface area contributed by atoms with E-state index in [-0.39, 0.29) is 28.9 Å². The number of carbonyl (C=O) groups excluding carboxylic acids is 3. The van der Waals surface area contributed by atoms with Crippen molar-refractivity contribution in [1.29, 1.82) is 5.26 Å². The Bertz CT molecular complexity index is 1190. The third-order valence-electron chi connectivity index (χ3n) is 8.22. The van der Waals surface area contributed by atoms with Gasteiger partial charge in [-0.1, -0.05) is 36.9 Å². The average Bonchev–Trinajstić information content (AvgIpc) is 3.56. The van der Waals surface area contributed by atoms with E-state index in [9.17, 15) is 19.6 Å². The zero-order valence-corrected chi connectivity index (χ0v) is 20.6. The maximum absolute atomic E-state index is 13.7. The van der Waals surface area contributed by atoms with E-state index in [1.54, 1.807) is 23.1 Å². The summed E-state index contributed by atoms with van der Waals surface area (Å²) < 4.78 is 0. The highest BCUT2D eigenvalue weighted by molar-refractivity contribution is 6.31. The van der Waals surface area contributed by atoms with E-state index in [1.807, 2.05) is 6.07 Å². The number of rotatable bonds is 5. The normalized spacial score (nSPS) is 24.6. The van der Waals surface area contributed by atoms with Crippen LogP contribution in [0.3, 0.4) is 0 Å². The molecule has 2 N–H and O–H groups in total. The zero-order valence-electron chi connectivity index (χ0n) is 19.8. The number of fused-ring (bicyclic) bond motifs is 1. The van der Waals surface area contributed by atoms with Crippen molar-refractivity contribution in [2.75, 3.05) is 6.54 Å². The SMILES string of the molecule is N#C[C@H](C[C@@H]1CCCC1=O)NC(=O)[C@@H]1CC2(CCCCC2)CN1C(=O)c1cc2ccc(Cl)cc2[nH]1. The number of amides is 2. The molecule has 1 spiro atoms. The fourth-order valence-corrected chi connectivity index (χ4v) is 6.54. The van der Waals surface area contributed by atoms with Crippen LogP contribution in [0.5, 0.6) is 0 Å². The van der Waals surface area contributed by atoms with Crippen LogP contribution in [0, 0.1) is 22.7 Å².